The molecule has 0 aliphatic rings. The van der Waals surface area contributed by atoms with Crippen LogP contribution in [0.4, 0.5) is 13.2 Å². The Balaban J connectivity index is 2.93. The third-order valence-corrected chi connectivity index (χ3v) is 2.88. The van der Waals surface area contributed by atoms with Crippen LogP contribution in [0.2, 0.25) is 0 Å². The second-order valence-corrected chi connectivity index (χ2v) is 4.30. The number of hydrogen-bond donors (Lipinski definition) is 2. The van der Waals surface area contributed by atoms with Crippen LogP contribution < -0.4 is 0 Å². The first-order valence-electron chi connectivity index (χ1n) is 5.85. The molecule has 0 saturated heterocycles. The average molecular weight is 276 g/mol. The fourth-order valence-corrected chi connectivity index (χ4v) is 1.83. The fourth-order valence-electron chi connectivity index (χ4n) is 1.83. The number of benzene rings is 1. The Morgan fingerprint density at radius 1 is 1.26 bits per heavy atom. The molecule has 0 aliphatic heterocycles. The summed E-state index contributed by atoms with van der Waals surface area (Å²) in [5.41, 5.74) is -0.653. The first kappa shape index (κ1) is 15.5. The summed E-state index contributed by atoms with van der Waals surface area (Å²) in [5, 5.41) is 18.9. The highest BCUT2D eigenvalue weighted by Gasteiger charge is 2.31. The molecule has 1 rings (SSSR count). The normalized spacial score (nSPS) is 15.0. The van der Waals surface area contributed by atoms with Crippen molar-refractivity contribution < 1.29 is 28.2 Å². The van der Waals surface area contributed by atoms with Crippen LogP contribution in [-0.2, 0) is 11.0 Å². The van der Waals surface area contributed by atoms with E-state index in [1.807, 2.05) is 0 Å². The molecule has 0 fully saturated rings. The maximum atomic E-state index is 12.4. The average Bonchev–Trinajstić information content (AvgIpc) is 2.34. The molecule has 0 amide bonds. The molecule has 19 heavy (non-hydrogen) atoms. The van der Waals surface area contributed by atoms with Gasteiger partial charge in [0.05, 0.1) is 17.6 Å². The molecule has 0 radical (unpaired) electrons. The van der Waals surface area contributed by atoms with Crippen molar-refractivity contribution in [2.24, 2.45) is 5.92 Å². The minimum atomic E-state index is -4.45. The summed E-state index contributed by atoms with van der Waals surface area (Å²) in [6.07, 6.45) is -4.93. The molecule has 0 aliphatic carbocycles. The van der Waals surface area contributed by atoms with E-state index in [1.165, 1.54) is 0 Å². The molecule has 0 aromatic heterocycles. The molecule has 2 N–H and O–H groups in total. The van der Waals surface area contributed by atoms with Crippen molar-refractivity contribution >= 4 is 5.97 Å². The summed E-state index contributed by atoms with van der Waals surface area (Å²) >= 11 is 0. The predicted molar refractivity (Wildman–Crippen MR) is 62.4 cm³/mol. The molecule has 1 aromatic carbocycles. The second kappa shape index (κ2) is 6.06. The number of rotatable bonds is 5. The second-order valence-electron chi connectivity index (χ2n) is 4.30. The lowest BCUT2D eigenvalue weighted by molar-refractivity contribution is -0.146. The van der Waals surface area contributed by atoms with Gasteiger partial charge in [0.25, 0.3) is 0 Å². The van der Waals surface area contributed by atoms with Crippen molar-refractivity contribution in [3.8, 4) is 0 Å². The number of aliphatic carboxylic acids is 1. The first-order valence-corrected chi connectivity index (χ1v) is 5.85. The van der Waals surface area contributed by atoms with Crippen LogP contribution in [-0.4, -0.2) is 16.2 Å². The van der Waals surface area contributed by atoms with Crippen molar-refractivity contribution in [3.05, 3.63) is 35.4 Å². The summed E-state index contributed by atoms with van der Waals surface area (Å²) in [6.45, 7) is 1.77. The number of alkyl halides is 3. The van der Waals surface area contributed by atoms with Crippen LogP contribution in [0.5, 0.6) is 0 Å². The van der Waals surface area contributed by atoms with E-state index in [2.05, 4.69) is 0 Å². The lowest BCUT2D eigenvalue weighted by Crippen LogP contribution is -2.22. The zero-order valence-corrected chi connectivity index (χ0v) is 10.3. The molecule has 106 valence electrons. The first-order chi connectivity index (χ1) is 8.77. The van der Waals surface area contributed by atoms with E-state index in [4.69, 9.17) is 5.11 Å². The largest absolute Gasteiger partial charge is 0.481 e. The summed E-state index contributed by atoms with van der Waals surface area (Å²) < 4.78 is 37.1. The maximum absolute atomic E-state index is 12.4. The maximum Gasteiger partial charge on any atom is 0.416 e. The van der Waals surface area contributed by atoms with Crippen molar-refractivity contribution in [3.63, 3.8) is 0 Å². The van der Waals surface area contributed by atoms with Crippen molar-refractivity contribution in [1.29, 1.82) is 0 Å². The smallest absolute Gasteiger partial charge is 0.416 e. The van der Waals surface area contributed by atoms with Gasteiger partial charge >= 0.3 is 12.1 Å². The van der Waals surface area contributed by atoms with E-state index in [0.717, 1.165) is 24.3 Å². The SMILES string of the molecule is CCCC(C(=O)O)C(O)c1ccc(C(F)(F)F)cc1. The molecule has 1 aromatic rings. The number of aliphatic hydroxyl groups is 1. The van der Waals surface area contributed by atoms with Gasteiger partial charge in [0.15, 0.2) is 0 Å². The van der Waals surface area contributed by atoms with E-state index in [1.54, 1.807) is 6.92 Å². The van der Waals surface area contributed by atoms with E-state index in [9.17, 15) is 23.1 Å². The lowest BCUT2D eigenvalue weighted by atomic mass is 9.91. The van der Waals surface area contributed by atoms with Crippen LogP contribution in [0, 0.1) is 5.92 Å². The van der Waals surface area contributed by atoms with Gasteiger partial charge in [-0.05, 0) is 24.1 Å². The van der Waals surface area contributed by atoms with Crippen molar-refractivity contribution in [2.45, 2.75) is 32.0 Å². The number of carboxylic acid groups (broad SMARTS) is 1. The Kier molecular flexibility index (Phi) is 4.94. The Morgan fingerprint density at radius 3 is 2.16 bits per heavy atom. The topological polar surface area (TPSA) is 57.5 Å². The predicted octanol–water partition coefficient (Wildman–Crippen LogP) is 3.24. The Hall–Kier alpha value is -1.56. The van der Waals surface area contributed by atoms with Gasteiger partial charge in [-0.3, -0.25) is 4.79 Å². The molecule has 0 heterocycles. The van der Waals surface area contributed by atoms with Gasteiger partial charge in [-0.1, -0.05) is 25.5 Å². The van der Waals surface area contributed by atoms with Gasteiger partial charge in [0, 0.05) is 0 Å². The van der Waals surface area contributed by atoms with Gasteiger partial charge in [-0.15, -0.1) is 0 Å². The van der Waals surface area contributed by atoms with E-state index < -0.39 is 29.7 Å². The number of carbonyl (C=O) groups is 1. The zero-order chi connectivity index (χ0) is 14.6. The number of halogens is 3. The number of hydrogen-bond acceptors (Lipinski definition) is 2. The summed E-state index contributed by atoms with van der Waals surface area (Å²) in [4.78, 5) is 11.0. The van der Waals surface area contributed by atoms with Gasteiger partial charge in [0.1, 0.15) is 0 Å². The quantitative estimate of drug-likeness (QED) is 0.868. The molecule has 2 atom stereocenters. The zero-order valence-electron chi connectivity index (χ0n) is 10.3. The molecule has 3 nitrogen and oxygen atoms in total. The molecule has 0 saturated carbocycles. The molecule has 0 spiro atoms. The minimum absolute atomic E-state index is 0.175. The van der Waals surface area contributed by atoms with Gasteiger partial charge in [-0.2, -0.15) is 13.2 Å². The standard InChI is InChI=1S/C13H15F3O3/c1-2-3-10(12(18)19)11(17)8-4-6-9(7-5-8)13(14,15)16/h4-7,10-11,17H,2-3H2,1H3,(H,18,19). The molecular formula is C13H15F3O3. The summed E-state index contributed by atoms with van der Waals surface area (Å²) in [7, 11) is 0. The number of carboxylic acids is 1. The number of aliphatic hydroxyl groups excluding tert-OH is 1. The highest BCUT2D eigenvalue weighted by Crippen LogP contribution is 2.32. The van der Waals surface area contributed by atoms with Gasteiger partial charge in [0.2, 0.25) is 0 Å². The minimum Gasteiger partial charge on any atom is -0.481 e. The monoisotopic (exact) mass is 276 g/mol. The molecule has 0 bridgehead atoms. The van der Waals surface area contributed by atoms with E-state index in [-0.39, 0.29) is 12.0 Å². The Bertz CT molecular complexity index is 426. The van der Waals surface area contributed by atoms with Crippen LogP contribution in [0.3, 0.4) is 0 Å². The van der Waals surface area contributed by atoms with Crippen LogP contribution in [0.15, 0.2) is 24.3 Å². The Labute approximate surface area is 108 Å². The fraction of sp³-hybridized carbons (Fsp3) is 0.462. The van der Waals surface area contributed by atoms with Gasteiger partial charge in [-0.25, -0.2) is 0 Å². The van der Waals surface area contributed by atoms with Crippen molar-refractivity contribution in [2.75, 3.05) is 0 Å². The summed E-state index contributed by atoms with van der Waals surface area (Å²) in [5.74, 6) is -2.17. The highest BCUT2D eigenvalue weighted by atomic mass is 19.4. The Morgan fingerprint density at radius 2 is 1.79 bits per heavy atom. The van der Waals surface area contributed by atoms with Crippen LogP contribution in [0.25, 0.3) is 0 Å². The molecule has 6 heteroatoms. The third-order valence-electron chi connectivity index (χ3n) is 2.88. The molecule has 2 unspecified atom stereocenters. The summed E-state index contributed by atoms with van der Waals surface area (Å²) in [6, 6.07) is 3.89. The lowest BCUT2D eigenvalue weighted by Gasteiger charge is -2.19. The molecular weight excluding hydrogens is 261 g/mol. The third kappa shape index (κ3) is 3.96. The van der Waals surface area contributed by atoms with Crippen molar-refractivity contribution in [1.82, 2.24) is 0 Å². The van der Waals surface area contributed by atoms with E-state index in [0.29, 0.717) is 6.42 Å². The van der Waals surface area contributed by atoms with Gasteiger partial charge < -0.3 is 10.2 Å². The van der Waals surface area contributed by atoms with Crippen LogP contribution >= 0.6 is 0 Å². The highest BCUT2D eigenvalue weighted by molar-refractivity contribution is 5.71. The van der Waals surface area contributed by atoms with E-state index >= 15 is 0 Å². The van der Waals surface area contributed by atoms with Crippen LogP contribution in [0.1, 0.15) is 37.0 Å².